The lowest BCUT2D eigenvalue weighted by molar-refractivity contribution is 0.197. The molecule has 3 aromatic heterocycles. The maximum absolute atomic E-state index is 5.00. The summed E-state index contributed by atoms with van der Waals surface area (Å²) in [6, 6.07) is 21.3. The molecule has 37 heavy (non-hydrogen) atoms. The summed E-state index contributed by atoms with van der Waals surface area (Å²) in [5.41, 5.74) is 8.49. The van der Waals surface area contributed by atoms with E-state index in [1.165, 1.54) is 17.7 Å². The van der Waals surface area contributed by atoms with E-state index in [2.05, 4.69) is 86.6 Å². The van der Waals surface area contributed by atoms with Gasteiger partial charge < -0.3 is 5.32 Å². The van der Waals surface area contributed by atoms with Gasteiger partial charge in [-0.05, 0) is 62.7 Å². The first-order valence-corrected chi connectivity index (χ1v) is 13.0. The average Bonchev–Trinajstić information content (AvgIpc) is 3.53. The third-order valence-electron chi connectivity index (χ3n) is 7.19. The highest BCUT2D eigenvalue weighted by molar-refractivity contribution is 5.80. The van der Waals surface area contributed by atoms with Crippen LogP contribution in [0.3, 0.4) is 0 Å². The Morgan fingerprint density at radius 1 is 1.05 bits per heavy atom. The van der Waals surface area contributed by atoms with Crippen molar-refractivity contribution in [2.75, 3.05) is 20.1 Å². The van der Waals surface area contributed by atoms with Gasteiger partial charge in [0.2, 0.25) is 0 Å². The molecule has 1 atom stereocenters. The molecule has 0 amide bonds. The molecule has 6 rings (SSSR count). The fraction of sp³-hybridized carbons (Fsp3) is 0.310. The normalized spacial score (nSPS) is 16.4. The monoisotopic (exact) mass is 492 g/mol. The molecule has 0 radical (unpaired) electrons. The fourth-order valence-electron chi connectivity index (χ4n) is 5.49. The lowest BCUT2D eigenvalue weighted by Gasteiger charge is -2.33. The van der Waals surface area contributed by atoms with Crippen molar-refractivity contribution in [2.24, 2.45) is 0 Å². The smallest absolute Gasteiger partial charge is 0.163 e. The minimum atomic E-state index is 0.419. The summed E-state index contributed by atoms with van der Waals surface area (Å²) in [5.74, 6) is 0.419. The number of aromatic nitrogens is 6. The van der Waals surface area contributed by atoms with E-state index in [1.807, 2.05) is 30.2 Å². The molecule has 1 aliphatic heterocycles. The maximum Gasteiger partial charge on any atom is 0.163 e. The Hall–Kier alpha value is -3.88. The molecule has 2 aromatic carbocycles. The Morgan fingerprint density at radius 3 is 2.81 bits per heavy atom. The summed E-state index contributed by atoms with van der Waals surface area (Å²) >= 11 is 0. The first kappa shape index (κ1) is 23.5. The Morgan fingerprint density at radius 2 is 1.95 bits per heavy atom. The lowest BCUT2D eigenvalue weighted by Crippen LogP contribution is -2.34. The van der Waals surface area contributed by atoms with Crippen molar-refractivity contribution in [1.82, 2.24) is 39.8 Å². The molecule has 5 aromatic rings. The number of aryl methyl sites for hydroxylation is 1. The van der Waals surface area contributed by atoms with Crippen LogP contribution >= 0.6 is 0 Å². The molecule has 188 valence electrons. The van der Waals surface area contributed by atoms with Crippen molar-refractivity contribution in [3.63, 3.8) is 0 Å². The van der Waals surface area contributed by atoms with Crippen LogP contribution in [0.1, 0.15) is 41.4 Å². The van der Waals surface area contributed by atoms with E-state index in [9.17, 15) is 0 Å². The van der Waals surface area contributed by atoms with E-state index >= 15 is 0 Å². The fourth-order valence-corrected chi connectivity index (χ4v) is 5.49. The van der Waals surface area contributed by atoms with E-state index in [0.717, 1.165) is 59.9 Å². The van der Waals surface area contributed by atoms with Gasteiger partial charge in [0.1, 0.15) is 0 Å². The number of rotatable bonds is 7. The molecular weight excluding hydrogens is 460 g/mol. The second kappa shape index (κ2) is 10.2. The molecular formula is C29H32N8. The highest BCUT2D eigenvalue weighted by atomic mass is 15.4. The van der Waals surface area contributed by atoms with Crippen LogP contribution in [-0.2, 0) is 13.1 Å². The molecule has 1 N–H and O–H groups in total. The van der Waals surface area contributed by atoms with Crippen LogP contribution in [0.4, 0.5) is 0 Å². The van der Waals surface area contributed by atoms with Gasteiger partial charge in [-0.3, -0.25) is 4.90 Å². The van der Waals surface area contributed by atoms with Gasteiger partial charge in [-0.25, -0.2) is 14.2 Å². The number of likely N-dealkylation sites (tertiary alicyclic amines) is 1. The summed E-state index contributed by atoms with van der Waals surface area (Å²) in [5, 5.41) is 16.7. The molecule has 8 nitrogen and oxygen atoms in total. The molecule has 0 bridgehead atoms. The Balaban J connectivity index is 1.31. The number of benzene rings is 2. The Kier molecular flexibility index (Phi) is 6.51. The van der Waals surface area contributed by atoms with E-state index in [4.69, 9.17) is 10.1 Å². The highest BCUT2D eigenvalue weighted by Crippen LogP contribution is 2.33. The summed E-state index contributed by atoms with van der Waals surface area (Å²) < 4.78 is 3.90. The molecule has 0 spiro atoms. The van der Waals surface area contributed by atoms with Crippen LogP contribution in [0, 0.1) is 6.92 Å². The first-order chi connectivity index (χ1) is 18.2. The van der Waals surface area contributed by atoms with Gasteiger partial charge in [-0.1, -0.05) is 47.7 Å². The quantitative estimate of drug-likeness (QED) is 0.363. The van der Waals surface area contributed by atoms with Crippen molar-refractivity contribution in [1.29, 1.82) is 0 Å². The second-order valence-corrected chi connectivity index (χ2v) is 9.86. The van der Waals surface area contributed by atoms with Crippen molar-refractivity contribution >= 4 is 5.65 Å². The Labute approximate surface area is 217 Å². The van der Waals surface area contributed by atoms with Crippen LogP contribution in [-0.4, -0.2) is 54.6 Å². The SMILES string of the molecule is CNCc1cn(-c2cccc(-c3c(C)nn4c(C5CCCN(Cc6ccccc6)C5)ccnc34)c2)nn1. The minimum Gasteiger partial charge on any atom is -0.314 e. The molecule has 0 saturated carbocycles. The van der Waals surface area contributed by atoms with Gasteiger partial charge in [-0.15, -0.1) is 5.10 Å². The number of nitrogens with one attached hydrogen (secondary N) is 1. The van der Waals surface area contributed by atoms with Gasteiger partial charge in [0.25, 0.3) is 0 Å². The zero-order chi connectivity index (χ0) is 25.2. The van der Waals surface area contributed by atoms with Gasteiger partial charge in [0.15, 0.2) is 5.65 Å². The molecule has 1 saturated heterocycles. The van der Waals surface area contributed by atoms with Gasteiger partial charge in [-0.2, -0.15) is 5.10 Å². The maximum atomic E-state index is 5.00. The van der Waals surface area contributed by atoms with Gasteiger partial charge in [0.05, 0.1) is 29.0 Å². The number of nitrogens with zero attached hydrogens (tertiary/aromatic N) is 7. The molecule has 4 heterocycles. The van der Waals surface area contributed by atoms with Crippen LogP contribution in [0.2, 0.25) is 0 Å². The molecule has 1 fully saturated rings. The molecule has 8 heteroatoms. The molecule has 1 aliphatic rings. The summed E-state index contributed by atoms with van der Waals surface area (Å²) in [4.78, 5) is 7.36. The minimum absolute atomic E-state index is 0.419. The number of piperidine rings is 1. The van der Waals surface area contributed by atoms with E-state index in [0.29, 0.717) is 12.5 Å². The predicted molar refractivity (Wildman–Crippen MR) is 145 cm³/mol. The zero-order valence-corrected chi connectivity index (χ0v) is 21.4. The third-order valence-corrected chi connectivity index (χ3v) is 7.19. The van der Waals surface area contributed by atoms with E-state index < -0.39 is 0 Å². The van der Waals surface area contributed by atoms with Crippen molar-refractivity contribution in [3.8, 4) is 16.8 Å². The molecule has 1 unspecified atom stereocenters. The van der Waals surface area contributed by atoms with Crippen LogP contribution in [0.15, 0.2) is 73.1 Å². The second-order valence-electron chi connectivity index (χ2n) is 9.86. The van der Waals surface area contributed by atoms with Crippen LogP contribution in [0.25, 0.3) is 22.5 Å². The largest absolute Gasteiger partial charge is 0.314 e. The van der Waals surface area contributed by atoms with Crippen LogP contribution in [0.5, 0.6) is 0 Å². The standard InChI is InChI=1S/C29H32N8/c1-21-28(23-10-6-12-26(16-23)36-20-25(17-30-2)32-34-36)29-31-14-13-27(37(29)33-21)24-11-7-15-35(19-24)18-22-8-4-3-5-9-22/h3-6,8-10,12-14,16,20,24,30H,7,11,15,17-19H2,1-2H3. The molecule has 0 aliphatic carbocycles. The van der Waals surface area contributed by atoms with Gasteiger partial charge >= 0.3 is 0 Å². The number of fused-ring (bicyclic) bond motifs is 1. The highest BCUT2D eigenvalue weighted by Gasteiger charge is 2.25. The van der Waals surface area contributed by atoms with Crippen molar-refractivity contribution < 1.29 is 0 Å². The predicted octanol–water partition coefficient (Wildman–Crippen LogP) is 4.38. The number of hydrogen-bond acceptors (Lipinski definition) is 6. The summed E-state index contributed by atoms with van der Waals surface area (Å²) in [6.45, 7) is 5.90. The zero-order valence-electron chi connectivity index (χ0n) is 21.4. The van der Waals surface area contributed by atoms with E-state index in [1.54, 1.807) is 0 Å². The van der Waals surface area contributed by atoms with E-state index in [-0.39, 0.29) is 0 Å². The van der Waals surface area contributed by atoms with Gasteiger partial charge in [0, 0.05) is 37.3 Å². The summed E-state index contributed by atoms with van der Waals surface area (Å²) in [7, 11) is 1.91. The van der Waals surface area contributed by atoms with Crippen molar-refractivity contribution in [3.05, 3.63) is 95.7 Å². The lowest BCUT2D eigenvalue weighted by atomic mass is 9.94. The summed E-state index contributed by atoms with van der Waals surface area (Å²) in [6.07, 6.45) is 6.25. The topological polar surface area (TPSA) is 76.2 Å². The average molecular weight is 493 g/mol. The number of hydrogen-bond donors (Lipinski definition) is 1. The van der Waals surface area contributed by atoms with Crippen LogP contribution < -0.4 is 5.32 Å². The third kappa shape index (κ3) is 4.77. The van der Waals surface area contributed by atoms with Crippen molar-refractivity contribution in [2.45, 2.75) is 38.8 Å². The Bertz CT molecular complexity index is 1500. The first-order valence-electron chi connectivity index (χ1n) is 13.0.